The molecule has 1 aliphatic carbocycles. The molecule has 2 unspecified atom stereocenters. The minimum absolute atomic E-state index is 0.252. The molecule has 0 saturated heterocycles. The van der Waals surface area contributed by atoms with Crippen molar-refractivity contribution in [3.8, 4) is 0 Å². The van der Waals surface area contributed by atoms with Crippen molar-refractivity contribution in [2.45, 2.75) is 50.6 Å². The molecule has 3 rings (SSSR count). The number of rotatable bonds is 2. The zero-order valence-electron chi connectivity index (χ0n) is 10.6. The zero-order chi connectivity index (χ0) is 11.8. The molecule has 2 nitrogen and oxygen atoms in total. The third-order valence-corrected chi connectivity index (χ3v) is 4.44. The molecule has 17 heavy (non-hydrogen) atoms. The normalized spacial score (nSPS) is 26.2. The molecule has 0 aromatic heterocycles. The van der Waals surface area contributed by atoms with Gasteiger partial charge in [0.15, 0.2) is 0 Å². The maximum Gasteiger partial charge on any atom is 0.0405 e. The molecule has 2 atom stereocenters. The highest BCUT2D eigenvalue weighted by Crippen LogP contribution is 2.41. The van der Waals surface area contributed by atoms with Crippen LogP contribution in [0.4, 0.5) is 5.69 Å². The minimum Gasteiger partial charge on any atom is -0.368 e. The second-order valence-electron chi connectivity index (χ2n) is 5.62. The smallest absolute Gasteiger partial charge is 0.0405 e. The molecule has 1 aliphatic heterocycles. The lowest BCUT2D eigenvalue weighted by Gasteiger charge is -2.27. The molecule has 0 amide bonds. The lowest BCUT2D eigenvalue weighted by Crippen LogP contribution is -2.35. The van der Waals surface area contributed by atoms with Crippen LogP contribution in [0.1, 0.15) is 44.1 Å². The molecule has 92 valence electrons. The summed E-state index contributed by atoms with van der Waals surface area (Å²) in [6, 6.07) is 9.85. The van der Waals surface area contributed by atoms with Gasteiger partial charge in [-0.05, 0) is 31.4 Å². The van der Waals surface area contributed by atoms with Gasteiger partial charge in [0.1, 0.15) is 0 Å². The van der Waals surface area contributed by atoms with Crippen LogP contribution in [0.5, 0.6) is 0 Å². The summed E-state index contributed by atoms with van der Waals surface area (Å²) in [6.07, 6.45) is 5.51. The van der Waals surface area contributed by atoms with Crippen molar-refractivity contribution in [1.82, 2.24) is 0 Å². The van der Waals surface area contributed by atoms with Gasteiger partial charge >= 0.3 is 0 Å². The molecule has 1 heterocycles. The molecule has 1 saturated carbocycles. The van der Waals surface area contributed by atoms with Crippen LogP contribution in [0.2, 0.25) is 0 Å². The average Bonchev–Trinajstić information content (AvgIpc) is 2.95. The number of benzene rings is 1. The highest BCUT2D eigenvalue weighted by atomic mass is 15.2. The standard InChI is InChI=1S/C15H22N2/c1-11(16)14-10-17(12-6-2-3-7-12)15-9-5-4-8-13(14)15/h4-5,8-9,11-12,14H,2-3,6-7,10,16H2,1H3. The topological polar surface area (TPSA) is 29.3 Å². The van der Waals surface area contributed by atoms with Gasteiger partial charge in [-0.2, -0.15) is 0 Å². The van der Waals surface area contributed by atoms with Crippen LogP contribution < -0.4 is 10.6 Å². The Hall–Kier alpha value is -1.02. The van der Waals surface area contributed by atoms with E-state index >= 15 is 0 Å². The third-order valence-electron chi connectivity index (χ3n) is 4.44. The number of hydrogen-bond donors (Lipinski definition) is 1. The predicted molar refractivity (Wildman–Crippen MR) is 72.4 cm³/mol. The largest absolute Gasteiger partial charge is 0.368 e. The Morgan fingerprint density at radius 2 is 1.94 bits per heavy atom. The van der Waals surface area contributed by atoms with E-state index in [-0.39, 0.29) is 6.04 Å². The molecule has 0 spiro atoms. The molecule has 1 aromatic rings. The van der Waals surface area contributed by atoms with Gasteiger partial charge in [-0.25, -0.2) is 0 Å². The van der Waals surface area contributed by atoms with E-state index < -0.39 is 0 Å². The lowest BCUT2D eigenvalue weighted by atomic mass is 9.95. The van der Waals surface area contributed by atoms with Gasteiger partial charge in [0, 0.05) is 30.2 Å². The lowest BCUT2D eigenvalue weighted by molar-refractivity contribution is 0.543. The fourth-order valence-electron chi connectivity index (χ4n) is 3.48. The number of fused-ring (bicyclic) bond motifs is 1. The number of hydrogen-bond acceptors (Lipinski definition) is 2. The third kappa shape index (κ3) is 1.85. The van der Waals surface area contributed by atoms with Gasteiger partial charge in [-0.15, -0.1) is 0 Å². The maximum absolute atomic E-state index is 6.15. The van der Waals surface area contributed by atoms with Crippen molar-refractivity contribution in [1.29, 1.82) is 0 Å². The van der Waals surface area contributed by atoms with E-state index in [2.05, 4.69) is 36.1 Å². The van der Waals surface area contributed by atoms with Crippen LogP contribution in [0, 0.1) is 0 Å². The van der Waals surface area contributed by atoms with Crippen LogP contribution in [0.3, 0.4) is 0 Å². The fraction of sp³-hybridized carbons (Fsp3) is 0.600. The van der Waals surface area contributed by atoms with Crippen molar-refractivity contribution < 1.29 is 0 Å². The van der Waals surface area contributed by atoms with Gasteiger partial charge in [-0.1, -0.05) is 31.0 Å². The summed E-state index contributed by atoms with van der Waals surface area (Å²) >= 11 is 0. The molecule has 1 fully saturated rings. The first-order valence-corrected chi connectivity index (χ1v) is 6.88. The molecular weight excluding hydrogens is 208 g/mol. The second kappa shape index (κ2) is 4.34. The Balaban J connectivity index is 1.93. The Kier molecular flexibility index (Phi) is 2.83. The van der Waals surface area contributed by atoms with E-state index in [9.17, 15) is 0 Å². The SMILES string of the molecule is CC(N)C1CN(C2CCCC2)c2ccccc21. The molecular formula is C15H22N2. The minimum atomic E-state index is 0.252. The van der Waals surface area contributed by atoms with Crippen LogP contribution >= 0.6 is 0 Å². The van der Waals surface area contributed by atoms with Gasteiger partial charge in [-0.3, -0.25) is 0 Å². The quantitative estimate of drug-likeness (QED) is 0.846. The summed E-state index contributed by atoms with van der Waals surface area (Å²) in [5.41, 5.74) is 9.06. The summed E-state index contributed by atoms with van der Waals surface area (Å²) in [5.74, 6) is 0.520. The zero-order valence-corrected chi connectivity index (χ0v) is 10.6. The fourth-order valence-corrected chi connectivity index (χ4v) is 3.48. The Labute approximate surface area is 104 Å². The summed E-state index contributed by atoms with van der Waals surface area (Å²) in [5, 5.41) is 0. The first-order chi connectivity index (χ1) is 8.27. The van der Waals surface area contributed by atoms with Gasteiger partial charge in [0.25, 0.3) is 0 Å². The molecule has 0 bridgehead atoms. The van der Waals surface area contributed by atoms with Crippen LogP contribution in [-0.2, 0) is 0 Å². The van der Waals surface area contributed by atoms with Gasteiger partial charge in [0.05, 0.1) is 0 Å². The Morgan fingerprint density at radius 3 is 2.65 bits per heavy atom. The summed E-state index contributed by atoms with van der Waals surface area (Å²) < 4.78 is 0. The van der Waals surface area contributed by atoms with E-state index in [0.29, 0.717) is 5.92 Å². The number of nitrogens with two attached hydrogens (primary N) is 1. The second-order valence-corrected chi connectivity index (χ2v) is 5.62. The van der Waals surface area contributed by atoms with Gasteiger partial charge < -0.3 is 10.6 Å². The van der Waals surface area contributed by atoms with Crippen LogP contribution in [0.25, 0.3) is 0 Å². The first kappa shape index (κ1) is 11.1. The van der Waals surface area contributed by atoms with Crippen LogP contribution in [0.15, 0.2) is 24.3 Å². The van der Waals surface area contributed by atoms with Crippen molar-refractivity contribution in [2.24, 2.45) is 5.73 Å². The first-order valence-electron chi connectivity index (χ1n) is 6.88. The Bertz CT molecular complexity index is 394. The average molecular weight is 230 g/mol. The number of para-hydroxylation sites is 1. The molecule has 2 N–H and O–H groups in total. The number of anilines is 1. The van der Waals surface area contributed by atoms with Gasteiger partial charge in [0.2, 0.25) is 0 Å². The Morgan fingerprint density at radius 1 is 1.24 bits per heavy atom. The summed E-state index contributed by atoms with van der Waals surface area (Å²) in [4.78, 5) is 2.62. The van der Waals surface area contributed by atoms with E-state index in [0.717, 1.165) is 12.6 Å². The van der Waals surface area contributed by atoms with Crippen molar-refractivity contribution in [2.75, 3.05) is 11.4 Å². The molecule has 2 heteroatoms. The van der Waals surface area contributed by atoms with Crippen molar-refractivity contribution in [3.05, 3.63) is 29.8 Å². The summed E-state index contributed by atoms with van der Waals surface area (Å²) in [7, 11) is 0. The molecule has 1 aromatic carbocycles. The highest BCUT2D eigenvalue weighted by Gasteiger charge is 2.35. The van der Waals surface area contributed by atoms with Crippen molar-refractivity contribution >= 4 is 5.69 Å². The maximum atomic E-state index is 6.15. The predicted octanol–water partition coefficient (Wildman–Crippen LogP) is 2.88. The van der Waals surface area contributed by atoms with E-state index in [1.165, 1.54) is 36.9 Å². The molecule has 2 aliphatic rings. The molecule has 0 radical (unpaired) electrons. The van der Waals surface area contributed by atoms with E-state index in [1.807, 2.05) is 0 Å². The van der Waals surface area contributed by atoms with Crippen LogP contribution in [-0.4, -0.2) is 18.6 Å². The van der Waals surface area contributed by atoms with E-state index in [1.54, 1.807) is 0 Å². The van der Waals surface area contributed by atoms with Crippen molar-refractivity contribution in [3.63, 3.8) is 0 Å². The summed E-state index contributed by atoms with van der Waals surface area (Å²) in [6.45, 7) is 3.27. The highest BCUT2D eigenvalue weighted by molar-refractivity contribution is 5.61. The van der Waals surface area contributed by atoms with E-state index in [4.69, 9.17) is 5.73 Å². The monoisotopic (exact) mass is 230 g/mol. The number of nitrogens with zero attached hydrogens (tertiary/aromatic N) is 1.